The van der Waals surface area contributed by atoms with Crippen molar-refractivity contribution in [3.05, 3.63) is 33.8 Å². The van der Waals surface area contributed by atoms with Crippen molar-refractivity contribution in [3.63, 3.8) is 0 Å². The Bertz CT molecular complexity index is 424. The summed E-state index contributed by atoms with van der Waals surface area (Å²) in [5, 5.41) is 4.49. The normalized spacial score (nSPS) is 11.6. The van der Waals surface area contributed by atoms with E-state index in [2.05, 4.69) is 26.1 Å². The van der Waals surface area contributed by atoms with Crippen LogP contribution in [0.2, 0.25) is 10.0 Å². The highest BCUT2D eigenvalue weighted by atomic mass is 35.5. The Morgan fingerprint density at radius 1 is 1.28 bits per heavy atom. The minimum absolute atomic E-state index is 0.0357. The number of carbonyl (C=O) groups is 1. The molecule has 1 aromatic carbocycles. The summed E-state index contributed by atoms with van der Waals surface area (Å²) in [6.07, 6.45) is 0.839. The molecule has 0 unspecified atom stereocenters. The van der Waals surface area contributed by atoms with Crippen LogP contribution in [0.25, 0.3) is 0 Å². The average Bonchev–Trinajstić information content (AvgIpc) is 2.21. The Labute approximate surface area is 119 Å². The zero-order valence-electron chi connectivity index (χ0n) is 11.0. The summed E-state index contributed by atoms with van der Waals surface area (Å²) in [6, 6.07) is 5.19. The molecule has 0 heterocycles. The van der Waals surface area contributed by atoms with Crippen molar-refractivity contribution >= 4 is 29.0 Å². The second kappa shape index (κ2) is 6.55. The molecule has 0 radical (unpaired) electrons. The van der Waals surface area contributed by atoms with Gasteiger partial charge in [-0.25, -0.2) is 0 Å². The molecule has 0 saturated carbocycles. The number of carbonyl (C=O) groups excluding carboxylic acids is 1. The minimum Gasteiger partial charge on any atom is -0.312 e. The molecule has 100 valence electrons. The lowest BCUT2D eigenvalue weighted by Gasteiger charge is -2.20. The fraction of sp³-hybridized carbons (Fsp3) is 0.500. The van der Waals surface area contributed by atoms with Crippen LogP contribution < -0.4 is 5.32 Å². The summed E-state index contributed by atoms with van der Waals surface area (Å²) in [4.78, 5) is 11.8. The Hall–Kier alpha value is -0.570. The summed E-state index contributed by atoms with van der Waals surface area (Å²) in [5.41, 5.74) is 0.832. The summed E-state index contributed by atoms with van der Waals surface area (Å²) < 4.78 is 0. The van der Waals surface area contributed by atoms with E-state index >= 15 is 0 Å². The molecule has 1 rings (SSSR count). The topological polar surface area (TPSA) is 29.1 Å². The summed E-state index contributed by atoms with van der Waals surface area (Å²) in [7, 11) is 0. The van der Waals surface area contributed by atoms with Gasteiger partial charge in [-0.05, 0) is 44.5 Å². The van der Waals surface area contributed by atoms with E-state index in [4.69, 9.17) is 23.2 Å². The molecule has 0 saturated heterocycles. The molecular weight excluding hydrogens is 269 g/mol. The number of ketones is 1. The van der Waals surface area contributed by atoms with Gasteiger partial charge in [0, 0.05) is 35.0 Å². The van der Waals surface area contributed by atoms with Crippen LogP contribution in [0.5, 0.6) is 0 Å². The van der Waals surface area contributed by atoms with E-state index in [1.165, 1.54) is 0 Å². The Morgan fingerprint density at radius 3 is 2.56 bits per heavy atom. The van der Waals surface area contributed by atoms with Gasteiger partial charge in [0.05, 0.1) is 0 Å². The van der Waals surface area contributed by atoms with E-state index in [0.717, 1.165) is 5.56 Å². The lowest BCUT2D eigenvalue weighted by atomic mass is 10.1. The molecule has 1 N–H and O–H groups in total. The third-order valence-corrected chi connectivity index (χ3v) is 3.06. The number of rotatable bonds is 5. The number of benzene rings is 1. The largest absolute Gasteiger partial charge is 0.312 e. The standard InChI is InChI=1S/C14H19Cl2NO/c1-14(2,3)17-7-6-12(18)9-10-8-11(15)4-5-13(10)16/h4-5,8,17H,6-7,9H2,1-3H3. The monoisotopic (exact) mass is 287 g/mol. The van der Waals surface area contributed by atoms with Crippen LogP contribution in [-0.2, 0) is 11.2 Å². The van der Waals surface area contributed by atoms with Crippen LogP contribution in [0.3, 0.4) is 0 Å². The van der Waals surface area contributed by atoms with Gasteiger partial charge in [-0.15, -0.1) is 0 Å². The third kappa shape index (κ3) is 5.85. The molecule has 0 fully saturated rings. The van der Waals surface area contributed by atoms with Crippen LogP contribution >= 0.6 is 23.2 Å². The van der Waals surface area contributed by atoms with Gasteiger partial charge in [-0.3, -0.25) is 4.79 Å². The molecule has 0 atom stereocenters. The quantitative estimate of drug-likeness (QED) is 0.890. The second-order valence-electron chi connectivity index (χ2n) is 5.38. The summed E-state index contributed by atoms with van der Waals surface area (Å²) in [6.45, 7) is 6.91. The van der Waals surface area contributed by atoms with E-state index in [9.17, 15) is 4.79 Å². The molecule has 4 heteroatoms. The van der Waals surface area contributed by atoms with E-state index < -0.39 is 0 Å². The highest BCUT2D eigenvalue weighted by molar-refractivity contribution is 6.33. The molecule has 0 aliphatic rings. The molecule has 0 aliphatic carbocycles. The lowest BCUT2D eigenvalue weighted by molar-refractivity contribution is -0.118. The number of hydrogen-bond acceptors (Lipinski definition) is 2. The first kappa shape index (κ1) is 15.5. The zero-order chi connectivity index (χ0) is 13.8. The van der Waals surface area contributed by atoms with Gasteiger partial charge in [-0.1, -0.05) is 23.2 Å². The van der Waals surface area contributed by atoms with Gasteiger partial charge < -0.3 is 5.32 Å². The van der Waals surface area contributed by atoms with Gasteiger partial charge in [0.1, 0.15) is 5.78 Å². The number of nitrogens with one attached hydrogen (secondary N) is 1. The molecule has 0 aromatic heterocycles. The fourth-order valence-electron chi connectivity index (χ4n) is 1.56. The van der Waals surface area contributed by atoms with Gasteiger partial charge in [0.15, 0.2) is 0 Å². The predicted molar refractivity (Wildman–Crippen MR) is 77.5 cm³/mol. The Morgan fingerprint density at radius 2 is 1.94 bits per heavy atom. The second-order valence-corrected chi connectivity index (χ2v) is 6.22. The minimum atomic E-state index is 0.0357. The van der Waals surface area contributed by atoms with Gasteiger partial charge in [-0.2, -0.15) is 0 Å². The number of hydrogen-bond donors (Lipinski definition) is 1. The first-order valence-electron chi connectivity index (χ1n) is 5.98. The van der Waals surface area contributed by atoms with Crippen LogP contribution in [0, 0.1) is 0 Å². The van der Waals surface area contributed by atoms with E-state index in [1.54, 1.807) is 18.2 Å². The summed E-state index contributed by atoms with van der Waals surface area (Å²) in [5.74, 6) is 0.163. The lowest BCUT2D eigenvalue weighted by Crippen LogP contribution is -2.37. The first-order chi connectivity index (χ1) is 8.28. The van der Waals surface area contributed by atoms with Crippen LogP contribution in [0.4, 0.5) is 0 Å². The fourth-order valence-corrected chi connectivity index (χ4v) is 1.94. The SMILES string of the molecule is CC(C)(C)NCCC(=O)Cc1cc(Cl)ccc1Cl. The predicted octanol–water partition coefficient (Wildman–Crippen LogP) is 3.88. The van der Waals surface area contributed by atoms with Crippen LogP contribution in [0.15, 0.2) is 18.2 Å². The summed E-state index contributed by atoms with van der Waals surface area (Å²) >= 11 is 11.9. The van der Waals surface area contributed by atoms with Crippen molar-refractivity contribution in [2.75, 3.05) is 6.54 Å². The van der Waals surface area contributed by atoms with Crippen LogP contribution in [-0.4, -0.2) is 17.9 Å². The van der Waals surface area contributed by atoms with E-state index in [0.29, 0.717) is 29.4 Å². The average molecular weight is 288 g/mol. The molecule has 0 amide bonds. The number of halogens is 2. The highest BCUT2D eigenvalue weighted by Crippen LogP contribution is 2.21. The number of Topliss-reactive ketones (excluding diaryl/α,β-unsaturated/α-hetero) is 1. The van der Waals surface area contributed by atoms with Gasteiger partial charge in [0.25, 0.3) is 0 Å². The Kier molecular flexibility index (Phi) is 5.64. The van der Waals surface area contributed by atoms with Crippen molar-refractivity contribution in [2.45, 2.75) is 39.2 Å². The molecule has 0 aliphatic heterocycles. The molecule has 18 heavy (non-hydrogen) atoms. The Balaban J connectivity index is 2.47. The molecule has 0 bridgehead atoms. The first-order valence-corrected chi connectivity index (χ1v) is 6.74. The zero-order valence-corrected chi connectivity index (χ0v) is 12.5. The van der Waals surface area contributed by atoms with E-state index in [1.807, 2.05) is 0 Å². The maximum atomic E-state index is 11.8. The van der Waals surface area contributed by atoms with E-state index in [-0.39, 0.29) is 11.3 Å². The maximum Gasteiger partial charge on any atom is 0.138 e. The van der Waals surface area contributed by atoms with Crippen molar-refractivity contribution < 1.29 is 4.79 Å². The molecule has 0 spiro atoms. The van der Waals surface area contributed by atoms with Crippen molar-refractivity contribution in [1.82, 2.24) is 5.32 Å². The van der Waals surface area contributed by atoms with Crippen LogP contribution in [0.1, 0.15) is 32.8 Å². The van der Waals surface area contributed by atoms with Crippen molar-refractivity contribution in [3.8, 4) is 0 Å². The molecule has 2 nitrogen and oxygen atoms in total. The van der Waals surface area contributed by atoms with Crippen molar-refractivity contribution in [1.29, 1.82) is 0 Å². The van der Waals surface area contributed by atoms with Gasteiger partial charge >= 0.3 is 0 Å². The highest BCUT2D eigenvalue weighted by Gasteiger charge is 2.11. The van der Waals surface area contributed by atoms with Gasteiger partial charge in [0.2, 0.25) is 0 Å². The molecule has 1 aromatic rings. The maximum absolute atomic E-state index is 11.8. The molecular formula is C14H19Cl2NO. The van der Waals surface area contributed by atoms with Crippen molar-refractivity contribution in [2.24, 2.45) is 0 Å². The third-order valence-electron chi connectivity index (χ3n) is 2.45. The smallest absolute Gasteiger partial charge is 0.138 e.